The normalized spacial score (nSPS) is 10.8. The zero-order valence-corrected chi connectivity index (χ0v) is 14.5. The molecule has 0 radical (unpaired) electrons. The number of hydrogen-bond donors (Lipinski definition) is 2. The molecular weight excluding hydrogens is 304 g/mol. The predicted molar refractivity (Wildman–Crippen MR) is 93.7 cm³/mol. The highest BCUT2D eigenvalue weighted by Crippen LogP contribution is 2.15. The van der Waals surface area contributed by atoms with Crippen molar-refractivity contribution in [2.24, 2.45) is 0 Å². The molecule has 0 saturated carbocycles. The van der Waals surface area contributed by atoms with Crippen molar-refractivity contribution in [3.63, 3.8) is 0 Å². The maximum Gasteiger partial charge on any atom is 0.226 e. The number of amides is 1. The Hall–Kier alpha value is -2.21. The molecule has 1 aromatic heterocycles. The van der Waals surface area contributed by atoms with Crippen LogP contribution in [0.4, 0.5) is 5.69 Å². The summed E-state index contributed by atoms with van der Waals surface area (Å²) in [5, 5.41) is 10.2. The number of rotatable bonds is 10. The van der Waals surface area contributed by atoms with Crippen LogP contribution >= 0.6 is 0 Å². The fraction of sp³-hybridized carbons (Fsp3) is 0.500. The highest BCUT2D eigenvalue weighted by molar-refractivity contribution is 5.91. The van der Waals surface area contributed by atoms with Crippen molar-refractivity contribution in [2.45, 2.75) is 52.5 Å². The van der Waals surface area contributed by atoms with Crippen molar-refractivity contribution in [1.29, 1.82) is 0 Å². The van der Waals surface area contributed by atoms with E-state index in [1.807, 2.05) is 24.3 Å². The fourth-order valence-corrected chi connectivity index (χ4v) is 2.39. The molecule has 0 aliphatic rings. The number of nitrogens with one attached hydrogen (secondary N) is 2. The van der Waals surface area contributed by atoms with Crippen molar-refractivity contribution in [3.05, 3.63) is 41.5 Å². The van der Waals surface area contributed by atoms with Gasteiger partial charge in [0.05, 0.1) is 0 Å². The molecule has 1 amide bonds. The molecule has 24 heavy (non-hydrogen) atoms. The molecule has 0 aliphatic heterocycles. The Balaban J connectivity index is 1.78. The topological polar surface area (TPSA) is 80.0 Å². The van der Waals surface area contributed by atoms with Crippen molar-refractivity contribution < 1.29 is 9.32 Å². The molecule has 6 heteroatoms. The van der Waals surface area contributed by atoms with Crippen LogP contribution in [0.3, 0.4) is 0 Å². The van der Waals surface area contributed by atoms with Crippen molar-refractivity contribution in [2.75, 3.05) is 11.9 Å². The van der Waals surface area contributed by atoms with E-state index in [-0.39, 0.29) is 5.91 Å². The average molecular weight is 330 g/mol. The van der Waals surface area contributed by atoms with Crippen LogP contribution in [0.15, 0.2) is 28.8 Å². The van der Waals surface area contributed by atoms with Gasteiger partial charge in [0.25, 0.3) is 0 Å². The molecule has 0 fully saturated rings. The lowest BCUT2D eigenvalue weighted by molar-refractivity contribution is -0.116. The summed E-state index contributed by atoms with van der Waals surface area (Å²) in [6.45, 7) is 5.78. The summed E-state index contributed by atoms with van der Waals surface area (Å²) in [7, 11) is 0. The number of aromatic nitrogens is 2. The third-order valence-electron chi connectivity index (χ3n) is 3.64. The smallest absolute Gasteiger partial charge is 0.226 e. The molecule has 0 bridgehead atoms. The molecule has 2 rings (SSSR count). The van der Waals surface area contributed by atoms with E-state index in [0.29, 0.717) is 25.2 Å². The van der Waals surface area contributed by atoms with Gasteiger partial charge in [0, 0.05) is 31.5 Å². The lowest BCUT2D eigenvalue weighted by Gasteiger charge is -2.11. The van der Waals surface area contributed by atoms with Crippen LogP contribution in [0.2, 0.25) is 0 Å². The number of hydrogen-bond acceptors (Lipinski definition) is 5. The minimum atomic E-state index is 0.00671. The van der Waals surface area contributed by atoms with Crippen LogP contribution in [0.5, 0.6) is 0 Å². The SMILES string of the molecule is CCCc1noc(CCCC(=O)Nc2ccccc2CNCC)n1. The van der Waals surface area contributed by atoms with Gasteiger partial charge in [-0.1, -0.05) is 37.2 Å². The molecule has 0 saturated heterocycles. The van der Waals surface area contributed by atoms with Gasteiger partial charge < -0.3 is 15.2 Å². The monoisotopic (exact) mass is 330 g/mol. The predicted octanol–water partition coefficient (Wildman–Crippen LogP) is 3.09. The first kappa shape index (κ1) is 18.1. The third kappa shape index (κ3) is 5.77. The van der Waals surface area contributed by atoms with Gasteiger partial charge in [-0.15, -0.1) is 0 Å². The Morgan fingerprint density at radius 1 is 1.21 bits per heavy atom. The molecule has 130 valence electrons. The van der Waals surface area contributed by atoms with Gasteiger partial charge in [-0.2, -0.15) is 4.98 Å². The summed E-state index contributed by atoms with van der Waals surface area (Å²) in [4.78, 5) is 16.4. The van der Waals surface area contributed by atoms with Crippen molar-refractivity contribution in [3.8, 4) is 0 Å². The molecule has 0 aliphatic carbocycles. The summed E-state index contributed by atoms with van der Waals surface area (Å²) in [6.07, 6.45) is 3.57. The first-order valence-electron chi connectivity index (χ1n) is 8.62. The van der Waals surface area contributed by atoms with Gasteiger partial charge in [-0.25, -0.2) is 0 Å². The lowest BCUT2D eigenvalue weighted by Crippen LogP contribution is -2.17. The van der Waals surface area contributed by atoms with E-state index in [9.17, 15) is 4.79 Å². The molecule has 0 spiro atoms. The van der Waals surface area contributed by atoms with Gasteiger partial charge >= 0.3 is 0 Å². The van der Waals surface area contributed by atoms with Crippen LogP contribution in [-0.4, -0.2) is 22.6 Å². The molecule has 2 N–H and O–H groups in total. The minimum absolute atomic E-state index is 0.00671. The highest BCUT2D eigenvalue weighted by atomic mass is 16.5. The first-order valence-corrected chi connectivity index (χ1v) is 8.62. The van der Waals surface area contributed by atoms with Crippen LogP contribution < -0.4 is 10.6 Å². The first-order chi connectivity index (χ1) is 11.7. The molecular formula is C18H26N4O2. The minimum Gasteiger partial charge on any atom is -0.339 e. The molecule has 0 unspecified atom stereocenters. The Morgan fingerprint density at radius 2 is 2.04 bits per heavy atom. The van der Waals surface area contributed by atoms with E-state index in [1.165, 1.54) is 0 Å². The molecule has 2 aromatic rings. The van der Waals surface area contributed by atoms with Crippen LogP contribution in [-0.2, 0) is 24.2 Å². The molecule has 6 nitrogen and oxygen atoms in total. The second-order valence-electron chi connectivity index (χ2n) is 5.69. The number of carbonyl (C=O) groups is 1. The number of anilines is 1. The summed E-state index contributed by atoms with van der Waals surface area (Å²) < 4.78 is 5.18. The number of carbonyl (C=O) groups excluding carboxylic acids is 1. The van der Waals surface area contributed by atoms with Crippen molar-refractivity contribution in [1.82, 2.24) is 15.5 Å². The zero-order valence-electron chi connectivity index (χ0n) is 14.5. The molecule has 0 atom stereocenters. The third-order valence-corrected chi connectivity index (χ3v) is 3.64. The summed E-state index contributed by atoms with van der Waals surface area (Å²) >= 11 is 0. The van der Waals surface area contributed by atoms with Gasteiger partial charge in [0.15, 0.2) is 5.82 Å². The van der Waals surface area contributed by atoms with Gasteiger partial charge in [0.1, 0.15) is 0 Å². The van der Waals surface area contributed by atoms with E-state index in [1.54, 1.807) is 0 Å². The van der Waals surface area contributed by atoms with E-state index < -0.39 is 0 Å². The Morgan fingerprint density at radius 3 is 2.83 bits per heavy atom. The highest BCUT2D eigenvalue weighted by Gasteiger charge is 2.09. The number of para-hydroxylation sites is 1. The Bertz CT molecular complexity index is 639. The fourth-order valence-electron chi connectivity index (χ4n) is 2.39. The Labute approximate surface area is 143 Å². The van der Waals surface area contributed by atoms with Crippen LogP contribution in [0.25, 0.3) is 0 Å². The van der Waals surface area contributed by atoms with Gasteiger partial charge in [-0.3, -0.25) is 4.79 Å². The largest absolute Gasteiger partial charge is 0.339 e. The number of benzene rings is 1. The lowest BCUT2D eigenvalue weighted by atomic mass is 10.1. The summed E-state index contributed by atoms with van der Waals surface area (Å²) in [5.74, 6) is 1.36. The second kappa shape index (κ2) is 9.82. The number of aryl methyl sites for hydroxylation is 2. The van der Waals surface area contributed by atoms with E-state index in [0.717, 1.165) is 43.0 Å². The summed E-state index contributed by atoms with van der Waals surface area (Å²) in [6, 6.07) is 7.86. The number of nitrogens with zero attached hydrogens (tertiary/aromatic N) is 2. The van der Waals surface area contributed by atoms with Crippen molar-refractivity contribution >= 4 is 11.6 Å². The van der Waals surface area contributed by atoms with Gasteiger partial charge in [-0.05, 0) is 31.0 Å². The summed E-state index contributed by atoms with van der Waals surface area (Å²) in [5.41, 5.74) is 1.96. The van der Waals surface area contributed by atoms with E-state index in [4.69, 9.17) is 4.52 Å². The second-order valence-corrected chi connectivity index (χ2v) is 5.69. The van der Waals surface area contributed by atoms with E-state index in [2.05, 4.69) is 34.6 Å². The van der Waals surface area contributed by atoms with E-state index >= 15 is 0 Å². The standard InChI is InChI=1S/C18H26N4O2/c1-3-8-16-21-18(24-22-16)12-7-11-17(23)20-15-10-6-5-9-14(15)13-19-4-2/h5-6,9-10,19H,3-4,7-8,11-13H2,1-2H3,(H,20,23). The average Bonchev–Trinajstić information content (AvgIpc) is 3.02. The molecule has 1 aromatic carbocycles. The zero-order chi connectivity index (χ0) is 17.2. The van der Waals surface area contributed by atoms with Crippen LogP contribution in [0, 0.1) is 0 Å². The van der Waals surface area contributed by atoms with Crippen LogP contribution in [0.1, 0.15) is 50.4 Å². The Kier molecular flexibility index (Phi) is 7.42. The maximum absolute atomic E-state index is 12.1. The van der Waals surface area contributed by atoms with Gasteiger partial charge in [0.2, 0.25) is 11.8 Å². The maximum atomic E-state index is 12.1. The molecule has 1 heterocycles. The quantitative estimate of drug-likeness (QED) is 0.700.